The van der Waals surface area contributed by atoms with Gasteiger partial charge in [0, 0.05) is 18.8 Å². The molecular formula is C14H14FNO. The fourth-order valence-corrected chi connectivity index (χ4v) is 1.56. The van der Waals surface area contributed by atoms with Gasteiger partial charge in [-0.05, 0) is 36.2 Å². The van der Waals surface area contributed by atoms with Crippen molar-refractivity contribution in [1.82, 2.24) is 4.98 Å². The van der Waals surface area contributed by atoms with Crippen molar-refractivity contribution in [3.8, 4) is 5.75 Å². The molecule has 0 aliphatic rings. The molecule has 1 aromatic carbocycles. The monoisotopic (exact) mass is 231 g/mol. The van der Waals surface area contributed by atoms with Gasteiger partial charge >= 0.3 is 0 Å². The van der Waals surface area contributed by atoms with Crippen LogP contribution in [-0.2, 0) is 6.42 Å². The molecular weight excluding hydrogens is 217 g/mol. The number of nitrogens with zero attached hydrogens (tertiary/aromatic N) is 1. The Balaban J connectivity index is 1.93. The van der Waals surface area contributed by atoms with Crippen LogP contribution in [0.4, 0.5) is 4.39 Å². The predicted octanol–water partition coefficient (Wildman–Crippen LogP) is 3.15. The van der Waals surface area contributed by atoms with E-state index in [-0.39, 0.29) is 5.82 Å². The topological polar surface area (TPSA) is 22.1 Å². The van der Waals surface area contributed by atoms with Gasteiger partial charge in [0.2, 0.25) is 0 Å². The van der Waals surface area contributed by atoms with Crippen molar-refractivity contribution >= 4 is 0 Å². The van der Waals surface area contributed by atoms with Gasteiger partial charge in [-0.25, -0.2) is 4.39 Å². The number of benzene rings is 1. The summed E-state index contributed by atoms with van der Waals surface area (Å²) in [6, 6.07) is 9.02. The van der Waals surface area contributed by atoms with E-state index in [0.717, 1.165) is 12.0 Å². The lowest BCUT2D eigenvalue weighted by atomic mass is 10.2. The van der Waals surface area contributed by atoms with Crippen LogP contribution < -0.4 is 4.74 Å². The summed E-state index contributed by atoms with van der Waals surface area (Å²) in [6.07, 6.45) is 4.22. The molecule has 1 aromatic heterocycles. The average molecular weight is 231 g/mol. The lowest BCUT2D eigenvalue weighted by Crippen LogP contribution is -2.03. The van der Waals surface area contributed by atoms with E-state index in [2.05, 4.69) is 4.98 Å². The molecule has 2 aromatic rings. The van der Waals surface area contributed by atoms with Crippen molar-refractivity contribution in [2.24, 2.45) is 0 Å². The summed E-state index contributed by atoms with van der Waals surface area (Å²) >= 11 is 0. The summed E-state index contributed by atoms with van der Waals surface area (Å²) in [5.41, 5.74) is 1.74. The molecule has 88 valence electrons. The molecule has 0 saturated heterocycles. The Morgan fingerprint density at radius 1 is 1.18 bits per heavy atom. The van der Waals surface area contributed by atoms with Crippen molar-refractivity contribution in [3.05, 3.63) is 59.7 Å². The Bertz CT molecular complexity index is 485. The number of hydrogen-bond acceptors (Lipinski definition) is 2. The number of hydrogen-bond donors (Lipinski definition) is 0. The van der Waals surface area contributed by atoms with Crippen LogP contribution in [0.3, 0.4) is 0 Å². The molecule has 0 atom stereocenters. The number of halogens is 1. The van der Waals surface area contributed by atoms with Crippen LogP contribution in [0.1, 0.15) is 11.1 Å². The van der Waals surface area contributed by atoms with Gasteiger partial charge in [-0.15, -0.1) is 0 Å². The Morgan fingerprint density at radius 3 is 2.71 bits per heavy atom. The van der Waals surface area contributed by atoms with Gasteiger partial charge in [-0.1, -0.05) is 12.1 Å². The second-order valence-corrected chi connectivity index (χ2v) is 3.84. The third kappa shape index (κ3) is 3.03. The van der Waals surface area contributed by atoms with Gasteiger partial charge in [0.05, 0.1) is 6.61 Å². The largest absolute Gasteiger partial charge is 0.490 e. The molecule has 0 bridgehead atoms. The standard InChI is InChI=1S/C14H14FNO/c1-11-3-2-4-13(14(11)15)17-10-7-12-5-8-16-9-6-12/h2-6,8-9H,7,10H2,1H3. The summed E-state index contributed by atoms with van der Waals surface area (Å²) in [6.45, 7) is 2.19. The van der Waals surface area contributed by atoms with Crippen LogP contribution in [0.5, 0.6) is 5.75 Å². The number of aromatic nitrogens is 1. The highest BCUT2D eigenvalue weighted by Crippen LogP contribution is 2.19. The number of rotatable bonds is 4. The normalized spacial score (nSPS) is 10.2. The molecule has 0 saturated carbocycles. The average Bonchev–Trinajstić information content (AvgIpc) is 2.36. The zero-order chi connectivity index (χ0) is 12.1. The molecule has 17 heavy (non-hydrogen) atoms. The Kier molecular flexibility index (Phi) is 3.70. The summed E-state index contributed by atoms with van der Waals surface area (Å²) in [5, 5.41) is 0. The zero-order valence-corrected chi connectivity index (χ0v) is 9.69. The van der Waals surface area contributed by atoms with E-state index in [1.807, 2.05) is 12.1 Å². The first kappa shape index (κ1) is 11.6. The van der Waals surface area contributed by atoms with Gasteiger partial charge < -0.3 is 4.74 Å². The maximum absolute atomic E-state index is 13.6. The quantitative estimate of drug-likeness (QED) is 0.806. The molecule has 0 aliphatic carbocycles. The van der Waals surface area contributed by atoms with E-state index < -0.39 is 0 Å². The number of pyridine rings is 1. The second kappa shape index (κ2) is 5.43. The van der Waals surface area contributed by atoms with Crippen LogP contribution in [-0.4, -0.2) is 11.6 Å². The Morgan fingerprint density at radius 2 is 1.94 bits per heavy atom. The molecule has 0 amide bonds. The van der Waals surface area contributed by atoms with Crippen LogP contribution in [0, 0.1) is 12.7 Å². The predicted molar refractivity (Wildman–Crippen MR) is 64.6 cm³/mol. The van der Waals surface area contributed by atoms with E-state index in [1.54, 1.807) is 37.5 Å². The minimum absolute atomic E-state index is 0.276. The van der Waals surface area contributed by atoms with E-state index in [4.69, 9.17) is 4.74 Å². The van der Waals surface area contributed by atoms with Crippen molar-refractivity contribution < 1.29 is 9.13 Å². The second-order valence-electron chi connectivity index (χ2n) is 3.84. The lowest BCUT2D eigenvalue weighted by molar-refractivity contribution is 0.304. The molecule has 0 spiro atoms. The zero-order valence-electron chi connectivity index (χ0n) is 9.69. The highest BCUT2D eigenvalue weighted by molar-refractivity contribution is 5.30. The van der Waals surface area contributed by atoms with Crippen molar-refractivity contribution in [2.75, 3.05) is 6.61 Å². The minimum Gasteiger partial charge on any atom is -0.490 e. The molecule has 0 aliphatic heterocycles. The first-order valence-electron chi connectivity index (χ1n) is 5.54. The molecule has 0 fully saturated rings. The van der Waals surface area contributed by atoms with Crippen molar-refractivity contribution in [1.29, 1.82) is 0 Å². The van der Waals surface area contributed by atoms with E-state index in [1.165, 1.54) is 0 Å². The molecule has 1 heterocycles. The maximum atomic E-state index is 13.6. The number of ether oxygens (including phenoxy) is 1. The third-order valence-corrected chi connectivity index (χ3v) is 2.55. The summed E-state index contributed by atoms with van der Waals surface area (Å²) in [7, 11) is 0. The van der Waals surface area contributed by atoms with Gasteiger partial charge in [0.15, 0.2) is 11.6 Å². The van der Waals surface area contributed by atoms with Crippen LogP contribution in [0.2, 0.25) is 0 Å². The molecule has 2 nitrogen and oxygen atoms in total. The van der Waals surface area contributed by atoms with Crippen molar-refractivity contribution in [2.45, 2.75) is 13.3 Å². The highest BCUT2D eigenvalue weighted by Gasteiger charge is 2.05. The Labute approximate surface area is 100 Å². The fraction of sp³-hybridized carbons (Fsp3) is 0.214. The molecule has 0 unspecified atom stereocenters. The summed E-state index contributed by atoms with van der Waals surface area (Å²) in [5.74, 6) is 0.0429. The highest BCUT2D eigenvalue weighted by atomic mass is 19.1. The van der Waals surface area contributed by atoms with Gasteiger partial charge in [0.25, 0.3) is 0 Å². The lowest BCUT2D eigenvalue weighted by Gasteiger charge is -2.08. The van der Waals surface area contributed by atoms with Gasteiger partial charge in [-0.2, -0.15) is 0 Å². The van der Waals surface area contributed by atoms with E-state index in [0.29, 0.717) is 17.9 Å². The van der Waals surface area contributed by atoms with E-state index in [9.17, 15) is 4.39 Å². The first-order valence-corrected chi connectivity index (χ1v) is 5.54. The summed E-state index contributed by atoms with van der Waals surface area (Å²) < 4.78 is 19.0. The molecule has 0 radical (unpaired) electrons. The van der Waals surface area contributed by atoms with Crippen LogP contribution in [0.25, 0.3) is 0 Å². The van der Waals surface area contributed by atoms with Crippen LogP contribution in [0.15, 0.2) is 42.7 Å². The van der Waals surface area contributed by atoms with Gasteiger partial charge in [-0.3, -0.25) is 4.98 Å². The van der Waals surface area contributed by atoms with E-state index >= 15 is 0 Å². The minimum atomic E-state index is -0.276. The molecule has 2 rings (SSSR count). The SMILES string of the molecule is Cc1cccc(OCCc2ccncc2)c1F. The third-order valence-electron chi connectivity index (χ3n) is 2.55. The Hall–Kier alpha value is -1.90. The smallest absolute Gasteiger partial charge is 0.167 e. The van der Waals surface area contributed by atoms with Crippen LogP contribution >= 0.6 is 0 Å². The molecule has 0 N–H and O–H groups in total. The fourth-order valence-electron chi connectivity index (χ4n) is 1.56. The molecule has 3 heteroatoms. The van der Waals surface area contributed by atoms with Gasteiger partial charge in [0.1, 0.15) is 0 Å². The number of aryl methyl sites for hydroxylation is 1. The maximum Gasteiger partial charge on any atom is 0.167 e. The summed E-state index contributed by atoms with van der Waals surface area (Å²) in [4.78, 5) is 3.94. The first-order chi connectivity index (χ1) is 8.27. The van der Waals surface area contributed by atoms with Crippen molar-refractivity contribution in [3.63, 3.8) is 0 Å².